The van der Waals surface area contributed by atoms with E-state index in [0.717, 1.165) is 5.69 Å². The zero-order valence-electron chi connectivity index (χ0n) is 11.8. The Hall–Kier alpha value is -0.170. The van der Waals surface area contributed by atoms with Crippen molar-refractivity contribution in [1.29, 1.82) is 0 Å². The summed E-state index contributed by atoms with van der Waals surface area (Å²) in [6.45, 7) is 0. The first-order valence-electron chi connectivity index (χ1n) is 5.62. The van der Waals surface area contributed by atoms with Crippen LogP contribution >= 0.6 is 67.9 Å². The lowest BCUT2D eigenvalue weighted by molar-refractivity contribution is 1.13. The maximum atomic E-state index is 4.24. The zero-order chi connectivity index (χ0) is 12.1. The van der Waals surface area contributed by atoms with E-state index in [1.165, 1.54) is 11.3 Å². The van der Waals surface area contributed by atoms with Gasteiger partial charge in [-0.05, 0) is 35.9 Å². The molecule has 0 aliphatic rings. The minimum Gasteiger partial charge on any atom is -0.378 e. The summed E-state index contributed by atoms with van der Waals surface area (Å²) >= 11 is 0. The molecule has 0 bridgehead atoms. The van der Waals surface area contributed by atoms with Gasteiger partial charge in [0, 0.05) is 26.0 Å². The third-order valence-corrected chi connectivity index (χ3v) is 2.54. The molecule has 6 heteroatoms. The van der Waals surface area contributed by atoms with Crippen molar-refractivity contribution in [2.75, 3.05) is 19.0 Å². The Balaban J connectivity index is -0.000000810. The van der Waals surface area contributed by atoms with E-state index in [-0.39, 0.29) is 67.9 Å². The van der Waals surface area contributed by atoms with Gasteiger partial charge in [0.15, 0.2) is 0 Å². The van der Waals surface area contributed by atoms with Gasteiger partial charge in [-0.2, -0.15) is 0 Å². The molecule has 0 amide bonds. The second-order valence-corrected chi connectivity index (χ2v) is 4.07. The van der Waals surface area contributed by atoms with Gasteiger partial charge in [-0.25, -0.2) is 0 Å². The number of benzene rings is 1. The molecule has 2 nitrogen and oxygen atoms in total. The van der Waals surface area contributed by atoms with Crippen LogP contribution in [0.2, 0.25) is 0 Å². The summed E-state index contributed by atoms with van der Waals surface area (Å²) in [6.07, 6.45) is 5.89. The SMILES string of the molecule is Br.Br.Br.Br.CN(C)c1ccc(/C=C/c2ccccn2)cc1. The smallest absolute Gasteiger partial charge is 0.0629 e. The summed E-state index contributed by atoms with van der Waals surface area (Å²) in [7, 11) is 4.08. The van der Waals surface area contributed by atoms with Crippen molar-refractivity contribution >= 4 is 85.8 Å². The van der Waals surface area contributed by atoms with Crippen LogP contribution in [-0.2, 0) is 0 Å². The average molecular weight is 548 g/mol. The molecule has 0 saturated heterocycles. The van der Waals surface area contributed by atoms with E-state index in [4.69, 9.17) is 0 Å². The van der Waals surface area contributed by atoms with Crippen LogP contribution in [0, 0.1) is 0 Å². The number of pyridine rings is 1. The largest absolute Gasteiger partial charge is 0.378 e. The van der Waals surface area contributed by atoms with Crippen LogP contribution in [0.15, 0.2) is 48.7 Å². The maximum Gasteiger partial charge on any atom is 0.0629 e. The first-order chi connectivity index (χ1) is 8.25. The number of hydrogen-bond acceptors (Lipinski definition) is 2. The predicted octanol–water partition coefficient (Wildman–Crippen LogP) is 5.63. The molecule has 0 saturated carbocycles. The van der Waals surface area contributed by atoms with Gasteiger partial charge >= 0.3 is 0 Å². The Kier molecular flexibility index (Phi) is 16.6. The van der Waals surface area contributed by atoms with Crippen LogP contribution in [0.5, 0.6) is 0 Å². The van der Waals surface area contributed by atoms with Crippen molar-refractivity contribution in [3.05, 3.63) is 59.9 Å². The summed E-state index contributed by atoms with van der Waals surface area (Å²) < 4.78 is 0. The van der Waals surface area contributed by atoms with Crippen molar-refractivity contribution < 1.29 is 0 Å². The van der Waals surface area contributed by atoms with Crippen LogP contribution in [0.3, 0.4) is 0 Å². The average Bonchev–Trinajstić information content (AvgIpc) is 2.38. The number of aromatic nitrogens is 1. The van der Waals surface area contributed by atoms with Crippen molar-refractivity contribution in [2.24, 2.45) is 0 Å². The fraction of sp³-hybridized carbons (Fsp3) is 0.133. The first kappa shape index (κ1) is 25.8. The van der Waals surface area contributed by atoms with E-state index in [0.29, 0.717) is 0 Å². The molecule has 0 unspecified atom stereocenters. The molecule has 21 heavy (non-hydrogen) atoms. The molecule has 0 aliphatic carbocycles. The highest BCUT2D eigenvalue weighted by molar-refractivity contribution is 8.93. The molecule has 0 fully saturated rings. The molecule has 0 radical (unpaired) electrons. The number of halogens is 4. The molecule has 0 N–H and O–H groups in total. The first-order valence-corrected chi connectivity index (χ1v) is 5.62. The van der Waals surface area contributed by atoms with Crippen molar-refractivity contribution in [1.82, 2.24) is 4.98 Å². The molecule has 1 aromatic carbocycles. The van der Waals surface area contributed by atoms with Gasteiger partial charge in [-0.3, -0.25) is 4.98 Å². The van der Waals surface area contributed by atoms with Gasteiger partial charge in [-0.1, -0.05) is 24.3 Å². The summed E-state index contributed by atoms with van der Waals surface area (Å²) in [5, 5.41) is 0. The van der Waals surface area contributed by atoms with E-state index >= 15 is 0 Å². The number of hydrogen-bond donors (Lipinski definition) is 0. The Morgan fingerprint density at radius 2 is 1.43 bits per heavy atom. The van der Waals surface area contributed by atoms with Gasteiger partial charge in [0.05, 0.1) is 5.69 Å². The summed E-state index contributed by atoms with van der Waals surface area (Å²) in [5.74, 6) is 0. The molecular formula is C15H20Br4N2. The van der Waals surface area contributed by atoms with Gasteiger partial charge in [0.2, 0.25) is 0 Å². The van der Waals surface area contributed by atoms with Crippen LogP contribution in [0.25, 0.3) is 12.2 Å². The van der Waals surface area contributed by atoms with Gasteiger partial charge < -0.3 is 4.90 Å². The second kappa shape index (κ2) is 13.5. The van der Waals surface area contributed by atoms with E-state index in [1.807, 2.05) is 38.4 Å². The normalized spacial score (nSPS) is 8.67. The lowest BCUT2D eigenvalue weighted by atomic mass is 10.1. The van der Waals surface area contributed by atoms with Gasteiger partial charge in [0.1, 0.15) is 0 Å². The molecule has 0 atom stereocenters. The topological polar surface area (TPSA) is 16.1 Å². The maximum absolute atomic E-state index is 4.24. The standard InChI is InChI=1S/C15H16N2.4BrH/c1-17(2)15-10-7-13(8-11-15)6-9-14-5-3-4-12-16-14;;;;/h3-12H,1-2H3;4*1H/b9-6+;;;;. The van der Waals surface area contributed by atoms with Crippen LogP contribution in [-0.4, -0.2) is 19.1 Å². The van der Waals surface area contributed by atoms with E-state index in [2.05, 4.69) is 40.2 Å². The Morgan fingerprint density at radius 1 is 0.810 bits per heavy atom. The zero-order valence-corrected chi connectivity index (χ0v) is 18.7. The Morgan fingerprint density at radius 3 is 1.90 bits per heavy atom. The van der Waals surface area contributed by atoms with E-state index in [9.17, 15) is 0 Å². The quantitative estimate of drug-likeness (QED) is 0.495. The lowest BCUT2D eigenvalue weighted by Crippen LogP contribution is -2.07. The van der Waals surface area contributed by atoms with Gasteiger partial charge in [0.25, 0.3) is 0 Å². The van der Waals surface area contributed by atoms with Gasteiger partial charge in [-0.15, -0.1) is 67.9 Å². The third kappa shape index (κ3) is 8.76. The predicted molar refractivity (Wildman–Crippen MR) is 115 cm³/mol. The molecule has 0 aliphatic heterocycles. The van der Waals surface area contributed by atoms with Crippen LogP contribution < -0.4 is 4.90 Å². The number of nitrogens with zero attached hydrogens (tertiary/aromatic N) is 2. The number of rotatable bonds is 3. The van der Waals surface area contributed by atoms with Crippen molar-refractivity contribution in [3.8, 4) is 0 Å². The third-order valence-electron chi connectivity index (χ3n) is 2.54. The highest BCUT2D eigenvalue weighted by atomic mass is 79.9. The Bertz CT molecular complexity index is 499. The van der Waals surface area contributed by atoms with E-state index in [1.54, 1.807) is 6.20 Å². The highest BCUT2D eigenvalue weighted by Gasteiger charge is 1.93. The molecule has 1 heterocycles. The molecule has 2 rings (SSSR count). The molecular weight excluding hydrogens is 528 g/mol. The minimum absolute atomic E-state index is 0. The fourth-order valence-corrected chi connectivity index (χ4v) is 1.54. The van der Waals surface area contributed by atoms with Crippen LogP contribution in [0.4, 0.5) is 5.69 Å². The monoisotopic (exact) mass is 544 g/mol. The highest BCUT2D eigenvalue weighted by Crippen LogP contribution is 2.13. The van der Waals surface area contributed by atoms with E-state index < -0.39 is 0 Å². The van der Waals surface area contributed by atoms with Crippen molar-refractivity contribution in [3.63, 3.8) is 0 Å². The van der Waals surface area contributed by atoms with Crippen LogP contribution in [0.1, 0.15) is 11.3 Å². The molecule has 1 aromatic heterocycles. The summed E-state index contributed by atoms with van der Waals surface area (Å²) in [4.78, 5) is 6.33. The minimum atomic E-state index is 0. The molecule has 0 spiro atoms. The Labute approximate surface area is 168 Å². The molecule has 2 aromatic rings. The second-order valence-electron chi connectivity index (χ2n) is 4.07. The van der Waals surface area contributed by atoms with Crippen molar-refractivity contribution in [2.45, 2.75) is 0 Å². The summed E-state index contributed by atoms with van der Waals surface area (Å²) in [5.41, 5.74) is 3.37. The lowest BCUT2D eigenvalue weighted by Gasteiger charge is -2.11. The molecule has 118 valence electrons. The number of anilines is 1. The summed E-state index contributed by atoms with van der Waals surface area (Å²) in [6, 6.07) is 14.3. The fourth-order valence-electron chi connectivity index (χ4n) is 1.54.